The summed E-state index contributed by atoms with van der Waals surface area (Å²) in [5.41, 5.74) is 0.743. The number of hydrogen-bond donors (Lipinski definition) is 1. The Morgan fingerprint density at radius 2 is 1.90 bits per heavy atom. The second-order valence-electron chi connectivity index (χ2n) is 9.57. The molecule has 2 fully saturated rings. The van der Waals surface area contributed by atoms with Crippen LogP contribution in [-0.2, 0) is 16.7 Å². The van der Waals surface area contributed by atoms with Crippen molar-refractivity contribution in [2.24, 2.45) is 0 Å². The number of aryl methyl sites for hydroxylation is 1. The summed E-state index contributed by atoms with van der Waals surface area (Å²) in [7, 11) is 0. The first kappa shape index (κ1) is 27.3. The molecule has 39 heavy (non-hydrogen) atoms. The van der Waals surface area contributed by atoms with Gasteiger partial charge >= 0.3 is 6.18 Å². The van der Waals surface area contributed by atoms with Gasteiger partial charge in [-0.15, -0.1) is 0 Å². The van der Waals surface area contributed by atoms with E-state index in [1.54, 1.807) is 18.2 Å². The van der Waals surface area contributed by atoms with E-state index in [0.717, 1.165) is 37.0 Å². The second kappa shape index (κ2) is 11.9. The number of hydrogen-bond acceptors (Lipinski definition) is 8. The standard InChI is InChI=1S/C27H30F3N5O3S/c1-18-14-24(35-11-9-34(10-12-35)20-5-2-4-19(15-20)27(28,29)30)33-26(32-18)39-17-22-7-8-23(38-22)25(36)31-16-21-6-3-13-37-21/h2,4-5,7-8,14-15,21H,3,6,9-13,16-17H2,1H3,(H,31,36)/t21-/m1/s1. The quantitative estimate of drug-likeness (QED) is 0.307. The molecule has 2 aromatic heterocycles. The van der Waals surface area contributed by atoms with Crippen molar-refractivity contribution in [2.75, 3.05) is 49.1 Å². The van der Waals surface area contributed by atoms with Gasteiger partial charge < -0.3 is 24.3 Å². The molecule has 208 valence electrons. The van der Waals surface area contributed by atoms with Gasteiger partial charge in [-0.05, 0) is 50.1 Å². The molecule has 2 aliphatic heterocycles. The number of piperazine rings is 1. The Balaban J connectivity index is 1.15. The van der Waals surface area contributed by atoms with Crippen molar-refractivity contribution in [1.82, 2.24) is 15.3 Å². The highest BCUT2D eigenvalue weighted by Crippen LogP contribution is 2.32. The van der Waals surface area contributed by atoms with E-state index in [9.17, 15) is 18.0 Å². The summed E-state index contributed by atoms with van der Waals surface area (Å²) in [4.78, 5) is 25.7. The van der Waals surface area contributed by atoms with Gasteiger partial charge in [0.2, 0.25) is 0 Å². The van der Waals surface area contributed by atoms with Gasteiger partial charge in [-0.2, -0.15) is 13.2 Å². The fourth-order valence-corrected chi connectivity index (χ4v) is 5.43. The fraction of sp³-hybridized carbons (Fsp3) is 0.444. The number of nitrogens with zero attached hydrogens (tertiary/aromatic N) is 4. The molecule has 1 N–H and O–H groups in total. The number of amides is 1. The molecule has 1 aromatic carbocycles. The molecule has 5 rings (SSSR count). The van der Waals surface area contributed by atoms with Crippen molar-refractivity contribution in [3.8, 4) is 0 Å². The Labute approximate surface area is 228 Å². The minimum absolute atomic E-state index is 0.0650. The van der Waals surface area contributed by atoms with Gasteiger partial charge in [0.15, 0.2) is 10.9 Å². The minimum Gasteiger partial charge on any atom is -0.455 e. The van der Waals surface area contributed by atoms with Crippen LogP contribution in [0.15, 0.2) is 52.0 Å². The van der Waals surface area contributed by atoms with Crippen LogP contribution < -0.4 is 15.1 Å². The summed E-state index contributed by atoms with van der Waals surface area (Å²) >= 11 is 1.41. The highest BCUT2D eigenvalue weighted by Gasteiger charge is 2.31. The number of rotatable bonds is 8. The predicted octanol–water partition coefficient (Wildman–Crippen LogP) is 4.92. The van der Waals surface area contributed by atoms with E-state index in [4.69, 9.17) is 14.1 Å². The Bertz CT molecular complexity index is 1290. The van der Waals surface area contributed by atoms with E-state index in [0.29, 0.717) is 55.1 Å². The lowest BCUT2D eigenvalue weighted by Crippen LogP contribution is -2.47. The molecule has 12 heteroatoms. The summed E-state index contributed by atoms with van der Waals surface area (Å²) < 4.78 is 50.6. The van der Waals surface area contributed by atoms with Gasteiger partial charge in [0, 0.05) is 56.8 Å². The first-order chi connectivity index (χ1) is 18.7. The number of halogens is 3. The maximum absolute atomic E-state index is 13.1. The van der Waals surface area contributed by atoms with Crippen molar-refractivity contribution in [3.05, 3.63) is 65.2 Å². The highest BCUT2D eigenvalue weighted by molar-refractivity contribution is 7.98. The number of anilines is 2. The van der Waals surface area contributed by atoms with Crippen LogP contribution in [0.1, 0.15) is 40.4 Å². The average molecular weight is 562 g/mol. The number of nitrogens with one attached hydrogen (secondary N) is 1. The van der Waals surface area contributed by atoms with Gasteiger partial charge in [-0.25, -0.2) is 9.97 Å². The van der Waals surface area contributed by atoms with Crippen LogP contribution in [0.25, 0.3) is 0 Å². The van der Waals surface area contributed by atoms with Gasteiger partial charge in [0.1, 0.15) is 11.6 Å². The monoisotopic (exact) mass is 561 g/mol. The Morgan fingerprint density at radius 1 is 1.10 bits per heavy atom. The number of carbonyl (C=O) groups is 1. The smallest absolute Gasteiger partial charge is 0.416 e. The number of aromatic nitrogens is 2. The normalized spacial score (nSPS) is 18.0. The van der Waals surface area contributed by atoms with E-state index in [2.05, 4.69) is 15.2 Å². The minimum atomic E-state index is -4.36. The van der Waals surface area contributed by atoms with E-state index < -0.39 is 11.7 Å². The number of furan rings is 1. The maximum atomic E-state index is 13.1. The predicted molar refractivity (Wildman–Crippen MR) is 142 cm³/mol. The molecule has 3 aromatic rings. The maximum Gasteiger partial charge on any atom is 0.416 e. The molecule has 0 radical (unpaired) electrons. The largest absolute Gasteiger partial charge is 0.455 e. The van der Waals surface area contributed by atoms with Crippen molar-refractivity contribution >= 4 is 29.2 Å². The SMILES string of the molecule is Cc1cc(N2CCN(c3cccc(C(F)(F)F)c3)CC2)nc(SCc2ccc(C(=O)NC[C@H]3CCCO3)o2)n1. The number of thioether (sulfide) groups is 1. The summed E-state index contributed by atoms with van der Waals surface area (Å²) in [6, 6.07) is 10.8. The molecule has 0 unspecified atom stereocenters. The third-order valence-corrected chi connectivity index (χ3v) is 7.58. The molecule has 1 atom stereocenters. The summed E-state index contributed by atoms with van der Waals surface area (Å²) in [6.45, 7) is 5.52. The molecule has 0 spiro atoms. The number of benzene rings is 1. The van der Waals surface area contributed by atoms with Crippen LogP contribution in [0.5, 0.6) is 0 Å². The Kier molecular flexibility index (Phi) is 8.31. The molecule has 4 heterocycles. The van der Waals surface area contributed by atoms with Gasteiger partial charge in [-0.1, -0.05) is 17.8 Å². The van der Waals surface area contributed by atoms with Crippen LogP contribution in [0.2, 0.25) is 0 Å². The molecule has 0 saturated carbocycles. The summed E-state index contributed by atoms with van der Waals surface area (Å²) in [5.74, 6) is 1.88. The third kappa shape index (κ3) is 7.04. The van der Waals surface area contributed by atoms with Gasteiger partial charge in [-0.3, -0.25) is 4.79 Å². The third-order valence-electron chi connectivity index (χ3n) is 6.71. The Morgan fingerprint density at radius 3 is 2.64 bits per heavy atom. The fourth-order valence-electron chi connectivity index (χ4n) is 4.64. The lowest BCUT2D eigenvalue weighted by molar-refractivity contribution is -0.137. The van der Waals surface area contributed by atoms with Crippen LogP contribution in [0.4, 0.5) is 24.7 Å². The van der Waals surface area contributed by atoms with Crippen molar-refractivity contribution in [3.63, 3.8) is 0 Å². The molecule has 2 aliphatic rings. The molecule has 0 aliphatic carbocycles. The lowest BCUT2D eigenvalue weighted by atomic mass is 10.1. The van der Waals surface area contributed by atoms with E-state index >= 15 is 0 Å². The van der Waals surface area contributed by atoms with Crippen molar-refractivity contribution in [1.29, 1.82) is 0 Å². The zero-order chi connectivity index (χ0) is 27.4. The van der Waals surface area contributed by atoms with Gasteiger partial charge in [0.25, 0.3) is 5.91 Å². The van der Waals surface area contributed by atoms with Crippen LogP contribution in [0, 0.1) is 6.92 Å². The molecule has 0 bridgehead atoms. The molecule has 8 nitrogen and oxygen atoms in total. The summed E-state index contributed by atoms with van der Waals surface area (Å²) in [6.07, 6.45) is -2.33. The molecular weight excluding hydrogens is 531 g/mol. The van der Waals surface area contributed by atoms with Crippen LogP contribution in [0.3, 0.4) is 0 Å². The molecular formula is C27H30F3N5O3S. The average Bonchev–Trinajstić information content (AvgIpc) is 3.63. The number of alkyl halides is 3. The Hall–Kier alpha value is -3.25. The molecule has 1 amide bonds. The zero-order valence-electron chi connectivity index (χ0n) is 21.5. The number of carbonyl (C=O) groups excluding carboxylic acids is 1. The topological polar surface area (TPSA) is 83.7 Å². The van der Waals surface area contributed by atoms with E-state index in [-0.39, 0.29) is 17.8 Å². The first-order valence-electron chi connectivity index (χ1n) is 12.9. The number of ether oxygens (including phenoxy) is 1. The highest BCUT2D eigenvalue weighted by atomic mass is 32.2. The van der Waals surface area contributed by atoms with Crippen LogP contribution in [-0.4, -0.2) is 61.3 Å². The van der Waals surface area contributed by atoms with Gasteiger partial charge in [0.05, 0.1) is 17.4 Å². The zero-order valence-corrected chi connectivity index (χ0v) is 22.4. The molecule has 2 saturated heterocycles. The second-order valence-corrected chi connectivity index (χ2v) is 10.5. The van der Waals surface area contributed by atoms with Crippen molar-refractivity contribution < 1.29 is 27.1 Å². The van der Waals surface area contributed by atoms with E-state index in [1.807, 2.05) is 17.9 Å². The lowest BCUT2D eigenvalue weighted by Gasteiger charge is -2.37. The van der Waals surface area contributed by atoms with Crippen molar-refractivity contribution in [2.45, 2.75) is 43.0 Å². The first-order valence-corrected chi connectivity index (χ1v) is 13.9. The summed E-state index contributed by atoms with van der Waals surface area (Å²) in [5, 5.41) is 3.44. The van der Waals surface area contributed by atoms with E-state index in [1.165, 1.54) is 23.9 Å². The van der Waals surface area contributed by atoms with Crippen LogP contribution >= 0.6 is 11.8 Å².